The van der Waals surface area contributed by atoms with E-state index in [1.54, 1.807) is 6.07 Å². The van der Waals surface area contributed by atoms with Crippen LogP contribution in [0.1, 0.15) is 39.5 Å². The smallest absolute Gasteiger partial charge is 0.148 e. The lowest BCUT2D eigenvalue weighted by Gasteiger charge is -2.37. The maximum atomic E-state index is 14.6. The summed E-state index contributed by atoms with van der Waals surface area (Å²) in [6.45, 7) is 6.43. The molecule has 0 amide bonds. The van der Waals surface area contributed by atoms with Crippen molar-refractivity contribution in [1.82, 2.24) is 0 Å². The maximum Gasteiger partial charge on any atom is 0.148 e. The van der Waals surface area contributed by atoms with Gasteiger partial charge in [-0.15, -0.1) is 0 Å². The molecule has 1 saturated heterocycles. The first-order valence-electron chi connectivity index (χ1n) is 9.20. The zero-order valence-electron chi connectivity index (χ0n) is 14.8. The molecule has 1 saturated carbocycles. The van der Waals surface area contributed by atoms with Crippen molar-refractivity contribution in [1.29, 1.82) is 0 Å². The molecule has 0 bridgehead atoms. The van der Waals surface area contributed by atoms with Crippen LogP contribution in [0.2, 0.25) is 0 Å². The number of hydrogen-bond donors (Lipinski definition) is 2. The third-order valence-corrected chi connectivity index (χ3v) is 5.19. The third-order valence-electron chi connectivity index (χ3n) is 5.19. The summed E-state index contributed by atoms with van der Waals surface area (Å²) in [5.74, 6) is 0.487. The largest absolute Gasteiger partial charge is 0.385 e. The minimum atomic E-state index is -0.160. The molecular formula is C19H30FN3O. The van der Waals surface area contributed by atoms with Crippen molar-refractivity contribution in [2.45, 2.75) is 57.8 Å². The molecule has 2 fully saturated rings. The van der Waals surface area contributed by atoms with E-state index < -0.39 is 0 Å². The molecule has 3 rings (SSSR count). The topological polar surface area (TPSA) is 50.5 Å². The van der Waals surface area contributed by atoms with Gasteiger partial charge in [0.2, 0.25) is 0 Å². The van der Waals surface area contributed by atoms with Crippen LogP contribution in [0.5, 0.6) is 0 Å². The van der Waals surface area contributed by atoms with Crippen molar-refractivity contribution >= 4 is 11.4 Å². The first-order valence-corrected chi connectivity index (χ1v) is 9.20. The van der Waals surface area contributed by atoms with Gasteiger partial charge in [-0.25, -0.2) is 4.39 Å². The molecular weight excluding hydrogens is 305 g/mol. The van der Waals surface area contributed by atoms with Gasteiger partial charge in [0.05, 0.1) is 17.9 Å². The number of nitrogens with two attached hydrogens (primary N) is 1. The third kappa shape index (κ3) is 4.39. The van der Waals surface area contributed by atoms with E-state index in [1.807, 2.05) is 26.0 Å². The fourth-order valence-corrected chi connectivity index (χ4v) is 3.90. The Kier molecular flexibility index (Phi) is 5.61. The SMILES string of the molecule is C[C@H]1CN(c2ccc(NCC3CCC(N)CC3)cc2F)C[C@H](C)O1. The summed E-state index contributed by atoms with van der Waals surface area (Å²) in [5.41, 5.74) is 7.48. The van der Waals surface area contributed by atoms with Crippen LogP contribution in [-0.2, 0) is 4.74 Å². The highest BCUT2D eigenvalue weighted by Gasteiger charge is 2.24. The molecule has 5 heteroatoms. The molecule has 1 aromatic carbocycles. The number of morpholine rings is 1. The Balaban J connectivity index is 1.58. The summed E-state index contributed by atoms with van der Waals surface area (Å²) in [6.07, 6.45) is 4.80. The molecule has 0 radical (unpaired) electrons. The van der Waals surface area contributed by atoms with E-state index >= 15 is 0 Å². The van der Waals surface area contributed by atoms with Crippen molar-refractivity contribution < 1.29 is 9.13 Å². The van der Waals surface area contributed by atoms with Crippen LogP contribution >= 0.6 is 0 Å². The van der Waals surface area contributed by atoms with E-state index in [1.165, 1.54) is 0 Å². The number of rotatable bonds is 4. The quantitative estimate of drug-likeness (QED) is 0.886. The monoisotopic (exact) mass is 335 g/mol. The Labute approximate surface area is 144 Å². The summed E-state index contributed by atoms with van der Waals surface area (Å²) in [7, 11) is 0. The average Bonchev–Trinajstić information content (AvgIpc) is 2.53. The van der Waals surface area contributed by atoms with Gasteiger partial charge >= 0.3 is 0 Å². The molecule has 2 atom stereocenters. The Bertz CT molecular complexity index is 535. The van der Waals surface area contributed by atoms with E-state index in [-0.39, 0.29) is 18.0 Å². The summed E-state index contributed by atoms with van der Waals surface area (Å²) in [6, 6.07) is 5.86. The summed E-state index contributed by atoms with van der Waals surface area (Å²) in [5, 5.41) is 3.39. The molecule has 3 N–H and O–H groups in total. The van der Waals surface area contributed by atoms with Gasteiger partial charge in [-0.2, -0.15) is 0 Å². The van der Waals surface area contributed by atoms with E-state index in [0.717, 1.165) is 51.0 Å². The van der Waals surface area contributed by atoms with Gasteiger partial charge in [0.1, 0.15) is 5.82 Å². The minimum Gasteiger partial charge on any atom is -0.385 e. The van der Waals surface area contributed by atoms with Crippen LogP contribution in [0.4, 0.5) is 15.8 Å². The minimum absolute atomic E-state index is 0.128. The van der Waals surface area contributed by atoms with Crippen LogP contribution < -0.4 is 16.0 Å². The molecule has 0 unspecified atom stereocenters. The van der Waals surface area contributed by atoms with Gasteiger partial charge in [-0.05, 0) is 63.6 Å². The second kappa shape index (κ2) is 7.70. The number of nitrogens with one attached hydrogen (secondary N) is 1. The van der Waals surface area contributed by atoms with Crippen LogP contribution in [0, 0.1) is 11.7 Å². The van der Waals surface area contributed by atoms with Crippen LogP contribution in [0.15, 0.2) is 18.2 Å². The predicted molar refractivity (Wildman–Crippen MR) is 97.0 cm³/mol. The van der Waals surface area contributed by atoms with E-state index in [9.17, 15) is 4.39 Å². The van der Waals surface area contributed by atoms with Gasteiger partial charge < -0.3 is 20.7 Å². The molecule has 0 aromatic heterocycles. The lowest BCUT2D eigenvalue weighted by atomic mass is 9.86. The Morgan fingerprint density at radius 2 is 1.83 bits per heavy atom. The van der Waals surface area contributed by atoms with Gasteiger partial charge in [0, 0.05) is 31.4 Å². The molecule has 134 valence electrons. The molecule has 1 aromatic rings. The summed E-state index contributed by atoms with van der Waals surface area (Å²) < 4.78 is 20.3. The number of ether oxygens (including phenoxy) is 1. The van der Waals surface area contributed by atoms with Crippen molar-refractivity contribution in [2.75, 3.05) is 29.9 Å². The normalized spacial score (nSPS) is 31.1. The van der Waals surface area contributed by atoms with Gasteiger partial charge in [0.25, 0.3) is 0 Å². The lowest BCUT2D eigenvalue weighted by molar-refractivity contribution is -0.00539. The predicted octanol–water partition coefficient (Wildman–Crippen LogP) is 3.37. The first-order chi connectivity index (χ1) is 11.5. The maximum absolute atomic E-state index is 14.6. The number of benzene rings is 1. The number of halogens is 1. The van der Waals surface area contributed by atoms with Crippen molar-refractivity contribution in [2.24, 2.45) is 11.7 Å². The Morgan fingerprint density at radius 1 is 1.17 bits per heavy atom. The van der Waals surface area contributed by atoms with Crippen molar-refractivity contribution in [3.05, 3.63) is 24.0 Å². The average molecular weight is 335 g/mol. The van der Waals surface area contributed by atoms with Crippen LogP contribution in [0.3, 0.4) is 0 Å². The van der Waals surface area contributed by atoms with Crippen LogP contribution in [-0.4, -0.2) is 37.9 Å². The summed E-state index contributed by atoms with van der Waals surface area (Å²) in [4.78, 5) is 2.08. The second-order valence-corrected chi connectivity index (χ2v) is 7.49. The molecule has 1 heterocycles. The van der Waals surface area contributed by atoms with Gasteiger partial charge in [0.15, 0.2) is 0 Å². The highest BCUT2D eigenvalue weighted by atomic mass is 19.1. The van der Waals surface area contributed by atoms with Gasteiger partial charge in [-0.3, -0.25) is 0 Å². The standard InChI is InChI=1S/C19H30FN3O/c1-13-11-23(12-14(2)24-13)19-8-7-17(9-18(19)20)22-10-15-3-5-16(21)6-4-15/h7-9,13-16,22H,3-6,10-12,21H2,1-2H3/t13-,14-,15?,16?/m0/s1. The zero-order chi connectivity index (χ0) is 17.1. The van der Waals surface area contributed by atoms with Crippen molar-refractivity contribution in [3.63, 3.8) is 0 Å². The number of hydrogen-bond acceptors (Lipinski definition) is 4. The highest BCUT2D eigenvalue weighted by molar-refractivity contribution is 5.56. The van der Waals surface area contributed by atoms with E-state index in [4.69, 9.17) is 10.5 Å². The van der Waals surface area contributed by atoms with Crippen LogP contribution in [0.25, 0.3) is 0 Å². The molecule has 1 aliphatic carbocycles. The highest BCUT2D eigenvalue weighted by Crippen LogP contribution is 2.27. The number of anilines is 2. The molecule has 2 aliphatic rings. The first kappa shape index (κ1) is 17.5. The van der Waals surface area contributed by atoms with E-state index in [0.29, 0.717) is 17.6 Å². The summed E-state index contributed by atoms with van der Waals surface area (Å²) >= 11 is 0. The second-order valence-electron chi connectivity index (χ2n) is 7.49. The molecule has 24 heavy (non-hydrogen) atoms. The fourth-order valence-electron chi connectivity index (χ4n) is 3.90. The lowest BCUT2D eigenvalue weighted by Crippen LogP contribution is -2.45. The Hall–Kier alpha value is -1.33. The zero-order valence-corrected chi connectivity index (χ0v) is 14.8. The molecule has 0 spiro atoms. The Morgan fingerprint density at radius 3 is 2.46 bits per heavy atom. The van der Waals surface area contributed by atoms with E-state index in [2.05, 4.69) is 10.2 Å². The fraction of sp³-hybridized carbons (Fsp3) is 0.684. The van der Waals surface area contributed by atoms with Crippen molar-refractivity contribution in [3.8, 4) is 0 Å². The molecule has 4 nitrogen and oxygen atoms in total. The molecule has 1 aliphatic heterocycles. The number of nitrogens with zero attached hydrogens (tertiary/aromatic N) is 1. The van der Waals surface area contributed by atoms with Gasteiger partial charge in [-0.1, -0.05) is 0 Å².